The third kappa shape index (κ3) is 2.12. The highest BCUT2D eigenvalue weighted by atomic mass is 16.1. The molecule has 2 heteroatoms. The van der Waals surface area contributed by atoms with Gasteiger partial charge < -0.3 is 0 Å². The minimum Gasteiger partial charge on any atom is -0.298 e. The van der Waals surface area contributed by atoms with Gasteiger partial charge in [-0.25, -0.2) is 0 Å². The summed E-state index contributed by atoms with van der Waals surface area (Å²) in [5.74, 6) is -0.134. The molecule has 0 bridgehead atoms. The van der Waals surface area contributed by atoms with Gasteiger partial charge in [-0.1, -0.05) is 30.3 Å². The molecule has 0 radical (unpaired) electrons. The molecular formula is C11H10O2. The minimum absolute atomic E-state index is 0.134. The smallest absolute Gasteiger partial charge is 0.186 e. The zero-order valence-corrected chi connectivity index (χ0v) is 7.36. The van der Waals surface area contributed by atoms with Crippen molar-refractivity contribution in [1.29, 1.82) is 0 Å². The number of carbonyl (C=O) groups excluding carboxylic acids is 2. The fourth-order valence-corrected chi connectivity index (χ4v) is 1.07. The lowest BCUT2D eigenvalue weighted by Crippen LogP contribution is -1.99. The molecule has 0 aliphatic rings. The van der Waals surface area contributed by atoms with E-state index in [9.17, 15) is 9.59 Å². The van der Waals surface area contributed by atoms with E-state index in [0.717, 1.165) is 0 Å². The summed E-state index contributed by atoms with van der Waals surface area (Å²) in [5, 5.41) is 0. The minimum atomic E-state index is -0.134. The second-order valence-electron chi connectivity index (χ2n) is 2.57. The van der Waals surface area contributed by atoms with E-state index in [1.807, 2.05) is 0 Å². The van der Waals surface area contributed by atoms with Crippen molar-refractivity contribution in [2.75, 3.05) is 0 Å². The average molecular weight is 174 g/mol. The van der Waals surface area contributed by atoms with Gasteiger partial charge in [0.15, 0.2) is 12.1 Å². The van der Waals surface area contributed by atoms with E-state index in [2.05, 4.69) is 0 Å². The second-order valence-corrected chi connectivity index (χ2v) is 2.57. The predicted octanol–water partition coefficient (Wildman–Crippen LogP) is 2.26. The lowest BCUT2D eigenvalue weighted by molar-refractivity contribution is 0.103. The molecule has 66 valence electrons. The predicted molar refractivity (Wildman–Crippen MR) is 51.0 cm³/mol. The highest BCUT2D eigenvalue weighted by molar-refractivity contribution is 6.09. The molecule has 0 saturated heterocycles. The van der Waals surface area contributed by atoms with Crippen LogP contribution < -0.4 is 0 Å². The molecule has 0 aliphatic carbocycles. The Morgan fingerprint density at radius 2 is 2.00 bits per heavy atom. The first-order valence-electron chi connectivity index (χ1n) is 4.01. The van der Waals surface area contributed by atoms with Crippen LogP contribution in [0.25, 0.3) is 0 Å². The fourth-order valence-electron chi connectivity index (χ4n) is 1.07. The van der Waals surface area contributed by atoms with Gasteiger partial charge in [0.2, 0.25) is 0 Å². The Kier molecular flexibility index (Phi) is 3.15. The fraction of sp³-hybridized carbons (Fsp3) is 0.0909. The largest absolute Gasteiger partial charge is 0.298 e. The molecule has 0 aliphatic heterocycles. The van der Waals surface area contributed by atoms with Crippen LogP contribution in [0, 0.1) is 0 Å². The summed E-state index contributed by atoms with van der Waals surface area (Å²) in [4.78, 5) is 21.9. The lowest BCUT2D eigenvalue weighted by Gasteiger charge is -1.98. The van der Waals surface area contributed by atoms with Crippen molar-refractivity contribution in [2.24, 2.45) is 0 Å². The normalized spacial score (nSPS) is 10.2. The second kappa shape index (κ2) is 4.36. The van der Waals surface area contributed by atoms with E-state index >= 15 is 0 Å². The lowest BCUT2D eigenvalue weighted by atomic mass is 10.0. The summed E-state index contributed by atoms with van der Waals surface area (Å²) < 4.78 is 0. The number of carbonyl (C=O) groups is 2. The Bertz CT molecular complexity index is 351. The maximum Gasteiger partial charge on any atom is 0.186 e. The standard InChI is InChI=1S/C11H10O2/c1-2-5-11(13)10-7-4-3-6-9(10)8-12/h2-8H,1H3/b5-2-. The maximum atomic E-state index is 11.4. The molecule has 0 amide bonds. The zero-order valence-electron chi connectivity index (χ0n) is 7.36. The van der Waals surface area contributed by atoms with Gasteiger partial charge in [0.25, 0.3) is 0 Å². The Hall–Kier alpha value is -1.70. The van der Waals surface area contributed by atoms with Crippen molar-refractivity contribution in [1.82, 2.24) is 0 Å². The third-order valence-corrected chi connectivity index (χ3v) is 1.67. The van der Waals surface area contributed by atoms with E-state index in [0.29, 0.717) is 17.4 Å². The molecule has 1 aromatic rings. The van der Waals surface area contributed by atoms with Crippen LogP contribution in [0.3, 0.4) is 0 Å². The van der Waals surface area contributed by atoms with E-state index in [1.165, 1.54) is 6.08 Å². The Morgan fingerprint density at radius 1 is 1.31 bits per heavy atom. The van der Waals surface area contributed by atoms with Crippen molar-refractivity contribution < 1.29 is 9.59 Å². The molecule has 0 fully saturated rings. The molecule has 0 atom stereocenters. The summed E-state index contributed by atoms with van der Waals surface area (Å²) in [6, 6.07) is 6.75. The Labute approximate surface area is 76.9 Å². The summed E-state index contributed by atoms with van der Waals surface area (Å²) in [7, 11) is 0. The van der Waals surface area contributed by atoms with Gasteiger partial charge in [0.05, 0.1) is 0 Å². The van der Waals surface area contributed by atoms with Gasteiger partial charge in [0.1, 0.15) is 0 Å². The van der Waals surface area contributed by atoms with Gasteiger partial charge in [-0.2, -0.15) is 0 Å². The van der Waals surface area contributed by atoms with E-state index in [1.54, 1.807) is 37.3 Å². The van der Waals surface area contributed by atoms with Crippen molar-refractivity contribution >= 4 is 12.1 Å². The first-order chi connectivity index (χ1) is 6.29. The SMILES string of the molecule is C/C=C\C(=O)c1ccccc1C=O. The number of benzene rings is 1. The van der Waals surface area contributed by atoms with Crippen molar-refractivity contribution in [2.45, 2.75) is 6.92 Å². The summed E-state index contributed by atoms with van der Waals surface area (Å²) in [6.07, 6.45) is 3.79. The first-order valence-corrected chi connectivity index (χ1v) is 4.01. The first kappa shape index (κ1) is 9.39. The number of hydrogen-bond acceptors (Lipinski definition) is 2. The van der Waals surface area contributed by atoms with Gasteiger partial charge in [-0.15, -0.1) is 0 Å². The van der Waals surface area contributed by atoms with E-state index in [4.69, 9.17) is 0 Å². The molecule has 2 nitrogen and oxygen atoms in total. The highest BCUT2D eigenvalue weighted by Crippen LogP contribution is 2.07. The Morgan fingerprint density at radius 3 is 2.62 bits per heavy atom. The van der Waals surface area contributed by atoms with Crippen molar-refractivity contribution in [3.8, 4) is 0 Å². The summed E-state index contributed by atoms with van der Waals surface area (Å²) in [6.45, 7) is 1.77. The third-order valence-electron chi connectivity index (χ3n) is 1.67. The van der Waals surface area contributed by atoms with Crippen LogP contribution in [0.1, 0.15) is 27.6 Å². The average Bonchev–Trinajstić information content (AvgIpc) is 2.18. The van der Waals surface area contributed by atoms with Gasteiger partial charge in [-0.05, 0) is 13.0 Å². The maximum absolute atomic E-state index is 11.4. The van der Waals surface area contributed by atoms with E-state index < -0.39 is 0 Å². The van der Waals surface area contributed by atoms with Crippen molar-refractivity contribution in [3.05, 3.63) is 47.5 Å². The molecule has 0 spiro atoms. The number of ketones is 1. The molecule has 0 unspecified atom stereocenters. The van der Waals surface area contributed by atoms with Crippen molar-refractivity contribution in [3.63, 3.8) is 0 Å². The van der Waals surface area contributed by atoms with Gasteiger partial charge in [-0.3, -0.25) is 9.59 Å². The molecule has 0 heterocycles. The topological polar surface area (TPSA) is 34.1 Å². The Balaban J connectivity index is 3.12. The number of aldehydes is 1. The molecule has 1 aromatic carbocycles. The number of rotatable bonds is 3. The molecule has 1 rings (SSSR count). The zero-order chi connectivity index (χ0) is 9.68. The van der Waals surface area contributed by atoms with Crippen LogP contribution in [0.2, 0.25) is 0 Å². The van der Waals surface area contributed by atoms with Crippen LogP contribution >= 0.6 is 0 Å². The molecule has 0 aromatic heterocycles. The van der Waals surface area contributed by atoms with E-state index in [-0.39, 0.29) is 5.78 Å². The molecule has 0 saturated carbocycles. The van der Waals surface area contributed by atoms with Crippen LogP contribution in [-0.4, -0.2) is 12.1 Å². The number of hydrogen-bond donors (Lipinski definition) is 0. The molecular weight excluding hydrogens is 164 g/mol. The number of allylic oxidation sites excluding steroid dienone is 2. The monoisotopic (exact) mass is 174 g/mol. The van der Waals surface area contributed by atoms with Gasteiger partial charge >= 0.3 is 0 Å². The highest BCUT2D eigenvalue weighted by Gasteiger charge is 2.05. The quantitative estimate of drug-likeness (QED) is 0.400. The van der Waals surface area contributed by atoms with Crippen LogP contribution in [-0.2, 0) is 0 Å². The summed E-state index contributed by atoms with van der Waals surface area (Å²) in [5.41, 5.74) is 0.890. The van der Waals surface area contributed by atoms with Crippen LogP contribution in [0.5, 0.6) is 0 Å². The van der Waals surface area contributed by atoms with Crippen LogP contribution in [0.4, 0.5) is 0 Å². The summed E-state index contributed by atoms with van der Waals surface area (Å²) >= 11 is 0. The molecule has 0 N–H and O–H groups in total. The van der Waals surface area contributed by atoms with Crippen LogP contribution in [0.15, 0.2) is 36.4 Å². The van der Waals surface area contributed by atoms with Gasteiger partial charge in [0, 0.05) is 11.1 Å². The molecule has 13 heavy (non-hydrogen) atoms.